The molecule has 3 fully saturated rings. The Morgan fingerprint density at radius 2 is 1.67 bits per heavy atom. The highest BCUT2D eigenvalue weighted by atomic mass is 16.8. The molecule has 0 aliphatic carbocycles. The Balaban J connectivity index is 1.68. The van der Waals surface area contributed by atoms with Crippen LogP contribution < -0.4 is 5.73 Å². The first-order valence-electron chi connectivity index (χ1n) is 6.36. The average molecular weight is 259 g/mol. The van der Waals surface area contributed by atoms with E-state index in [1.807, 2.05) is 27.7 Å². The smallest absolute Gasteiger partial charge is 0.189 e. The Bertz CT molecular complexity index is 345. The van der Waals surface area contributed by atoms with Gasteiger partial charge in [0.25, 0.3) is 0 Å². The molecule has 3 saturated heterocycles. The summed E-state index contributed by atoms with van der Waals surface area (Å²) in [6.45, 7) is 7.95. The number of fused-ring (bicyclic) bond motifs is 1. The van der Waals surface area contributed by atoms with Gasteiger partial charge < -0.3 is 29.4 Å². The molecule has 0 bridgehead atoms. The summed E-state index contributed by atoms with van der Waals surface area (Å²) in [6.07, 6.45) is -1.07. The van der Waals surface area contributed by atoms with Crippen molar-refractivity contribution < 1.29 is 23.7 Å². The van der Waals surface area contributed by atoms with Gasteiger partial charge in [0.15, 0.2) is 17.9 Å². The van der Waals surface area contributed by atoms with Crippen LogP contribution in [0, 0.1) is 0 Å². The van der Waals surface area contributed by atoms with Crippen LogP contribution in [0.1, 0.15) is 27.7 Å². The van der Waals surface area contributed by atoms with E-state index in [4.69, 9.17) is 29.4 Å². The zero-order valence-electron chi connectivity index (χ0n) is 11.2. The molecule has 2 N–H and O–H groups in total. The van der Waals surface area contributed by atoms with Crippen LogP contribution in [0.2, 0.25) is 0 Å². The van der Waals surface area contributed by atoms with E-state index in [1.54, 1.807) is 0 Å². The van der Waals surface area contributed by atoms with Crippen molar-refractivity contribution in [3.05, 3.63) is 0 Å². The van der Waals surface area contributed by atoms with Gasteiger partial charge in [-0.05, 0) is 27.7 Å². The molecule has 5 atom stereocenters. The Labute approximate surface area is 107 Å². The molecule has 3 rings (SSSR count). The van der Waals surface area contributed by atoms with Gasteiger partial charge in [0, 0.05) is 0 Å². The normalized spacial score (nSPS) is 49.5. The van der Waals surface area contributed by atoms with Gasteiger partial charge >= 0.3 is 0 Å². The number of nitrogens with two attached hydrogens (primary N) is 1. The van der Waals surface area contributed by atoms with Gasteiger partial charge in [-0.1, -0.05) is 0 Å². The minimum Gasteiger partial charge on any atom is -0.348 e. The predicted octanol–water partition coefficient (Wildman–Crippen LogP) is 0.342. The maximum Gasteiger partial charge on any atom is 0.189 e. The lowest BCUT2D eigenvalue weighted by molar-refractivity contribution is -0.222. The van der Waals surface area contributed by atoms with Gasteiger partial charge in [-0.3, -0.25) is 0 Å². The van der Waals surface area contributed by atoms with Crippen molar-refractivity contribution in [2.75, 3.05) is 6.61 Å². The van der Waals surface area contributed by atoms with Gasteiger partial charge in [-0.25, -0.2) is 0 Å². The SMILES string of the molecule is CC1(C)O[C@H]2O[C@@H]([C@@H]3COC(C)(C)O3)[C@H](N)[C@H]2O1. The van der Waals surface area contributed by atoms with E-state index in [1.165, 1.54) is 0 Å². The topological polar surface area (TPSA) is 72.2 Å². The fourth-order valence-electron chi connectivity index (χ4n) is 2.77. The molecule has 0 aromatic rings. The molecule has 0 aromatic heterocycles. The standard InChI is InChI=1S/C12H21NO5/c1-11(2)14-5-6(16-11)8-7(13)9-10(15-8)18-12(3,4)17-9/h6-10H,5,13H2,1-4H3/t6-,7-,8-,9+,10+/m0/s1. The molecule has 104 valence electrons. The molecule has 0 aromatic carbocycles. The van der Waals surface area contributed by atoms with Crippen LogP contribution in [0.4, 0.5) is 0 Å². The summed E-state index contributed by atoms with van der Waals surface area (Å²) in [7, 11) is 0. The molecule has 0 radical (unpaired) electrons. The largest absolute Gasteiger partial charge is 0.348 e. The fourth-order valence-corrected chi connectivity index (χ4v) is 2.77. The van der Waals surface area contributed by atoms with E-state index in [2.05, 4.69) is 0 Å². The maximum atomic E-state index is 6.19. The first-order valence-corrected chi connectivity index (χ1v) is 6.36. The monoisotopic (exact) mass is 259 g/mol. The van der Waals surface area contributed by atoms with Crippen LogP contribution in [0.25, 0.3) is 0 Å². The molecule has 6 heteroatoms. The summed E-state index contributed by atoms with van der Waals surface area (Å²) in [6, 6.07) is -0.265. The second-order valence-electron chi connectivity index (χ2n) is 6.01. The van der Waals surface area contributed by atoms with Crippen molar-refractivity contribution >= 4 is 0 Å². The molecular formula is C12H21NO5. The number of hydrogen-bond donors (Lipinski definition) is 1. The maximum absolute atomic E-state index is 6.19. The highest BCUT2D eigenvalue weighted by Crippen LogP contribution is 2.39. The van der Waals surface area contributed by atoms with E-state index < -0.39 is 17.9 Å². The second kappa shape index (κ2) is 3.88. The molecule has 0 unspecified atom stereocenters. The van der Waals surface area contributed by atoms with Gasteiger partial charge in [0.2, 0.25) is 0 Å². The zero-order chi connectivity index (χ0) is 13.1. The van der Waals surface area contributed by atoms with Crippen LogP contribution in [0.3, 0.4) is 0 Å². The third kappa shape index (κ3) is 2.07. The van der Waals surface area contributed by atoms with E-state index in [0.29, 0.717) is 6.61 Å². The van der Waals surface area contributed by atoms with Crippen molar-refractivity contribution in [2.45, 2.75) is 69.9 Å². The summed E-state index contributed by atoms with van der Waals surface area (Å²) < 4.78 is 28.6. The quantitative estimate of drug-likeness (QED) is 0.732. The summed E-state index contributed by atoms with van der Waals surface area (Å²) >= 11 is 0. The van der Waals surface area contributed by atoms with Crippen molar-refractivity contribution in [1.29, 1.82) is 0 Å². The summed E-state index contributed by atoms with van der Waals surface area (Å²) in [4.78, 5) is 0. The van der Waals surface area contributed by atoms with E-state index in [-0.39, 0.29) is 24.4 Å². The van der Waals surface area contributed by atoms with Crippen molar-refractivity contribution in [3.8, 4) is 0 Å². The van der Waals surface area contributed by atoms with Gasteiger partial charge in [-0.2, -0.15) is 0 Å². The van der Waals surface area contributed by atoms with Crippen molar-refractivity contribution in [1.82, 2.24) is 0 Å². The molecule has 0 saturated carbocycles. The first kappa shape index (κ1) is 12.8. The highest BCUT2D eigenvalue weighted by Gasteiger charge is 2.56. The zero-order valence-corrected chi connectivity index (χ0v) is 11.2. The van der Waals surface area contributed by atoms with E-state index in [9.17, 15) is 0 Å². The second-order valence-corrected chi connectivity index (χ2v) is 6.01. The molecule has 3 aliphatic rings. The molecule has 3 heterocycles. The molecule has 0 spiro atoms. The summed E-state index contributed by atoms with van der Waals surface area (Å²) in [5.41, 5.74) is 6.19. The summed E-state index contributed by atoms with van der Waals surface area (Å²) in [5.74, 6) is -1.21. The van der Waals surface area contributed by atoms with Gasteiger partial charge in [0.1, 0.15) is 18.3 Å². The Hall–Kier alpha value is -0.240. The Kier molecular flexibility index (Phi) is 2.75. The number of hydrogen-bond acceptors (Lipinski definition) is 6. The minimum atomic E-state index is -0.635. The first-order chi connectivity index (χ1) is 8.27. The fraction of sp³-hybridized carbons (Fsp3) is 1.00. The van der Waals surface area contributed by atoms with Crippen molar-refractivity contribution in [2.24, 2.45) is 5.73 Å². The lowest BCUT2D eigenvalue weighted by Crippen LogP contribution is -2.47. The molecule has 6 nitrogen and oxygen atoms in total. The third-order valence-electron chi connectivity index (χ3n) is 3.53. The average Bonchev–Trinajstić information content (AvgIpc) is 2.81. The van der Waals surface area contributed by atoms with Gasteiger partial charge in [-0.15, -0.1) is 0 Å². The molecule has 0 amide bonds. The Morgan fingerprint density at radius 1 is 0.944 bits per heavy atom. The number of rotatable bonds is 1. The van der Waals surface area contributed by atoms with E-state index in [0.717, 1.165) is 0 Å². The van der Waals surface area contributed by atoms with Crippen LogP contribution >= 0.6 is 0 Å². The van der Waals surface area contributed by atoms with Crippen LogP contribution in [0.15, 0.2) is 0 Å². The third-order valence-corrected chi connectivity index (χ3v) is 3.53. The Morgan fingerprint density at radius 3 is 2.22 bits per heavy atom. The lowest BCUT2D eigenvalue weighted by atomic mass is 10.0. The number of ether oxygens (including phenoxy) is 5. The predicted molar refractivity (Wildman–Crippen MR) is 61.6 cm³/mol. The van der Waals surface area contributed by atoms with Crippen LogP contribution in [-0.2, 0) is 23.7 Å². The lowest BCUT2D eigenvalue weighted by Gasteiger charge is -2.26. The molecule has 18 heavy (non-hydrogen) atoms. The van der Waals surface area contributed by atoms with Crippen molar-refractivity contribution in [3.63, 3.8) is 0 Å². The van der Waals surface area contributed by atoms with Gasteiger partial charge in [0.05, 0.1) is 12.6 Å². The van der Waals surface area contributed by atoms with Crippen LogP contribution in [-0.4, -0.2) is 48.8 Å². The van der Waals surface area contributed by atoms with Crippen LogP contribution in [0.5, 0.6) is 0 Å². The highest BCUT2D eigenvalue weighted by molar-refractivity contribution is 4.99. The van der Waals surface area contributed by atoms with E-state index >= 15 is 0 Å². The molecular weight excluding hydrogens is 238 g/mol. The minimum absolute atomic E-state index is 0.170. The summed E-state index contributed by atoms with van der Waals surface area (Å²) in [5, 5.41) is 0. The molecule has 3 aliphatic heterocycles.